The molecule has 27 heavy (non-hydrogen) atoms. The number of ether oxygens (including phenoxy) is 1. The number of benzene rings is 2. The van der Waals surface area contributed by atoms with E-state index >= 15 is 0 Å². The Labute approximate surface area is 155 Å². The van der Waals surface area contributed by atoms with Crippen LogP contribution in [-0.2, 0) is 4.79 Å². The maximum absolute atomic E-state index is 14.2. The molecule has 1 fully saturated rings. The van der Waals surface area contributed by atoms with Crippen molar-refractivity contribution >= 4 is 11.6 Å². The SMILES string of the molecule is COc1ccccc1-c1noc(C2CC(=O)N(c3cc(C)ccc3F)C2)n1. The van der Waals surface area contributed by atoms with Crippen LogP contribution in [0.2, 0.25) is 0 Å². The summed E-state index contributed by atoms with van der Waals surface area (Å²) >= 11 is 0. The van der Waals surface area contributed by atoms with E-state index in [-0.39, 0.29) is 23.9 Å². The molecular formula is C20H18FN3O3. The Kier molecular flexibility index (Phi) is 4.35. The van der Waals surface area contributed by atoms with Gasteiger partial charge in [-0.15, -0.1) is 0 Å². The molecule has 6 nitrogen and oxygen atoms in total. The number of nitrogens with zero attached hydrogens (tertiary/aromatic N) is 3. The third-order valence-electron chi connectivity index (χ3n) is 4.66. The lowest BCUT2D eigenvalue weighted by molar-refractivity contribution is -0.117. The van der Waals surface area contributed by atoms with Crippen molar-refractivity contribution in [2.45, 2.75) is 19.3 Å². The van der Waals surface area contributed by atoms with Crippen molar-refractivity contribution in [1.82, 2.24) is 10.1 Å². The van der Waals surface area contributed by atoms with E-state index in [4.69, 9.17) is 9.26 Å². The van der Waals surface area contributed by atoms with Gasteiger partial charge in [0.05, 0.1) is 24.3 Å². The van der Waals surface area contributed by atoms with Crippen LogP contribution >= 0.6 is 0 Å². The molecule has 0 aliphatic carbocycles. The van der Waals surface area contributed by atoms with Crippen molar-refractivity contribution in [3.63, 3.8) is 0 Å². The van der Waals surface area contributed by atoms with Crippen molar-refractivity contribution in [2.75, 3.05) is 18.6 Å². The van der Waals surface area contributed by atoms with E-state index in [9.17, 15) is 9.18 Å². The summed E-state index contributed by atoms with van der Waals surface area (Å²) in [5.74, 6) is 0.524. The summed E-state index contributed by atoms with van der Waals surface area (Å²) in [6, 6.07) is 12.1. The van der Waals surface area contributed by atoms with Crippen LogP contribution in [0.3, 0.4) is 0 Å². The summed E-state index contributed by atoms with van der Waals surface area (Å²) in [4.78, 5) is 18.3. The molecule has 2 aromatic carbocycles. The fourth-order valence-corrected chi connectivity index (χ4v) is 3.28. The van der Waals surface area contributed by atoms with E-state index in [0.717, 1.165) is 5.56 Å². The topological polar surface area (TPSA) is 68.5 Å². The van der Waals surface area contributed by atoms with Crippen LogP contribution in [0.1, 0.15) is 23.8 Å². The van der Waals surface area contributed by atoms with Crippen molar-refractivity contribution in [3.05, 3.63) is 59.7 Å². The molecule has 7 heteroatoms. The summed E-state index contributed by atoms with van der Waals surface area (Å²) in [6.07, 6.45) is 0.195. The van der Waals surface area contributed by atoms with E-state index in [1.54, 1.807) is 19.2 Å². The number of hydrogen-bond acceptors (Lipinski definition) is 5. The van der Waals surface area contributed by atoms with Gasteiger partial charge < -0.3 is 14.2 Å². The largest absolute Gasteiger partial charge is 0.496 e. The maximum Gasteiger partial charge on any atom is 0.232 e. The van der Waals surface area contributed by atoms with Gasteiger partial charge >= 0.3 is 0 Å². The Balaban J connectivity index is 1.60. The van der Waals surface area contributed by atoms with Crippen LogP contribution < -0.4 is 9.64 Å². The lowest BCUT2D eigenvalue weighted by Crippen LogP contribution is -2.25. The van der Waals surface area contributed by atoms with Gasteiger partial charge in [0.1, 0.15) is 11.6 Å². The molecule has 1 atom stereocenters. The Morgan fingerprint density at radius 2 is 2.07 bits per heavy atom. The van der Waals surface area contributed by atoms with Crippen molar-refractivity contribution < 1.29 is 18.4 Å². The summed E-state index contributed by atoms with van der Waals surface area (Å²) < 4.78 is 24.9. The second-order valence-corrected chi connectivity index (χ2v) is 6.52. The Morgan fingerprint density at radius 3 is 2.89 bits per heavy atom. The number of aromatic nitrogens is 2. The molecule has 4 rings (SSSR count). The first-order valence-electron chi connectivity index (χ1n) is 8.60. The first-order chi connectivity index (χ1) is 13.1. The smallest absolute Gasteiger partial charge is 0.232 e. The average Bonchev–Trinajstić information content (AvgIpc) is 3.30. The van der Waals surface area contributed by atoms with Gasteiger partial charge in [-0.2, -0.15) is 4.98 Å². The number of aryl methyl sites for hydroxylation is 1. The van der Waals surface area contributed by atoms with Gasteiger partial charge in [-0.05, 0) is 36.8 Å². The molecule has 138 valence electrons. The molecule has 1 aromatic heterocycles. The number of carbonyl (C=O) groups excluding carboxylic acids is 1. The van der Waals surface area contributed by atoms with Gasteiger partial charge in [0.2, 0.25) is 17.6 Å². The van der Waals surface area contributed by atoms with Crippen LogP contribution in [0.25, 0.3) is 11.4 Å². The van der Waals surface area contributed by atoms with Gasteiger partial charge in [-0.25, -0.2) is 4.39 Å². The summed E-state index contributed by atoms with van der Waals surface area (Å²) in [5, 5.41) is 4.02. The fourth-order valence-electron chi connectivity index (χ4n) is 3.28. The van der Waals surface area contributed by atoms with Crippen LogP contribution in [0, 0.1) is 12.7 Å². The van der Waals surface area contributed by atoms with E-state index < -0.39 is 5.82 Å². The normalized spacial score (nSPS) is 16.8. The molecule has 1 aliphatic heterocycles. The molecule has 0 bridgehead atoms. The van der Waals surface area contributed by atoms with Gasteiger partial charge in [0.15, 0.2) is 0 Å². The molecular weight excluding hydrogens is 349 g/mol. The number of rotatable bonds is 4. The van der Waals surface area contributed by atoms with Gasteiger partial charge in [-0.3, -0.25) is 4.79 Å². The second-order valence-electron chi connectivity index (χ2n) is 6.52. The number of halogens is 1. The summed E-state index contributed by atoms with van der Waals surface area (Å²) in [6.45, 7) is 2.16. The zero-order valence-corrected chi connectivity index (χ0v) is 15.0. The minimum absolute atomic E-state index is 0.165. The minimum atomic E-state index is -0.421. The van der Waals surface area contributed by atoms with Gasteiger partial charge in [0, 0.05) is 13.0 Å². The van der Waals surface area contributed by atoms with Crippen LogP contribution in [0.15, 0.2) is 47.0 Å². The molecule has 1 unspecified atom stereocenters. The van der Waals surface area contributed by atoms with Crippen molar-refractivity contribution in [2.24, 2.45) is 0 Å². The molecule has 0 N–H and O–H groups in total. The number of carbonyl (C=O) groups is 1. The lowest BCUT2D eigenvalue weighted by atomic mass is 10.1. The van der Waals surface area contributed by atoms with E-state index in [0.29, 0.717) is 29.6 Å². The molecule has 1 aliphatic rings. The average molecular weight is 367 g/mol. The highest BCUT2D eigenvalue weighted by Crippen LogP contribution is 2.34. The maximum atomic E-state index is 14.2. The van der Waals surface area contributed by atoms with Crippen molar-refractivity contribution in [3.8, 4) is 17.1 Å². The predicted octanol–water partition coefficient (Wildman–Crippen LogP) is 3.71. The molecule has 2 heterocycles. The molecule has 3 aromatic rings. The third-order valence-corrected chi connectivity index (χ3v) is 4.66. The summed E-state index contributed by atoms with van der Waals surface area (Å²) in [7, 11) is 1.57. The zero-order chi connectivity index (χ0) is 19.0. The Hall–Kier alpha value is -3.22. The van der Waals surface area contributed by atoms with E-state index in [1.165, 1.54) is 11.0 Å². The third kappa shape index (κ3) is 3.16. The highest BCUT2D eigenvalue weighted by molar-refractivity contribution is 5.96. The van der Waals surface area contributed by atoms with Gasteiger partial charge in [-0.1, -0.05) is 23.4 Å². The van der Waals surface area contributed by atoms with E-state index in [1.807, 2.05) is 31.2 Å². The highest BCUT2D eigenvalue weighted by atomic mass is 19.1. The number of methoxy groups -OCH3 is 1. The first kappa shape index (κ1) is 17.2. The van der Waals surface area contributed by atoms with E-state index in [2.05, 4.69) is 10.1 Å². The first-order valence-corrected chi connectivity index (χ1v) is 8.60. The van der Waals surface area contributed by atoms with Gasteiger partial charge in [0.25, 0.3) is 0 Å². The molecule has 1 saturated heterocycles. The standard InChI is InChI=1S/C20H18FN3O3/c1-12-7-8-15(21)16(9-12)24-11-13(10-18(24)25)20-22-19(23-27-20)14-5-3-4-6-17(14)26-2/h3-9,13H,10-11H2,1-2H3. The van der Waals surface area contributed by atoms with Crippen LogP contribution in [-0.4, -0.2) is 29.7 Å². The summed E-state index contributed by atoms with van der Waals surface area (Å²) in [5.41, 5.74) is 1.88. The number of hydrogen-bond donors (Lipinski definition) is 0. The number of para-hydroxylation sites is 1. The molecule has 1 amide bonds. The van der Waals surface area contributed by atoms with Crippen molar-refractivity contribution in [1.29, 1.82) is 0 Å². The lowest BCUT2D eigenvalue weighted by Gasteiger charge is -2.17. The number of anilines is 1. The Bertz CT molecular complexity index is 1000. The monoisotopic (exact) mass is 367 g/mol. The molecule has 0 radical (unpaired) electrons. The Morgan fingerprint density at radius 1 is 1.26 bits per heavy atom. The fraction of sp³-hybridized carbons (Fsp3) is 0.250. The number of amides is 1. The predicted molar refractivity (Wildman–Crippen MR) is 97.1 cm³/mol. The second kappa shape index (κ2) is 6.83. The van der Waals surface area contributed by atoms with Crippen LogP contribution in [0.5, 0.6) is 5.75 Å². The molecule has 0 spiro atoms. The minimum Gasteiger partial charge on any atom is -0.496 e. The van der Waals surface area contributed by atoms with Crippen LogP contribution in [0.4, 0.5) is 10.1 Å². The zero-order valence-electron chi connectivity index (χ0n) is 15.0. The molecule has 0 saturated carbocycles. The highest BCUT2D eigenvalue weighted by Gasteiger charge is 2.36. The quantitative estimate of drug-likeness (QED) is 0.703.